The van der Waals surface area contributed by atoms with Gasteiger partial charge in [0, 0.05) is 18.2 Å². The molecule has 0 radical (unpaired) electrons. The Kier molecular flexibility index (Phi) is 5.86. The van der Waals surface area contributed by atoms with Crippen molar-refractivity contribution in [2.24, 2.45) is 10.9 Å². The second-order valence-electron chi connectivity index (χ2n) is 8.00. The van der Waals surface area contributed by atoms with Gasteiger partial charge in [-0.2, -0.15) is 5.21 Å². The van der Waals surface area contributed by atoms with Gasteiger partial charge in [0.25, 0.3) is 0 Å². The number of sulfonamides is 2. The highest BCUT2D eigenvalue weighted by molar-refractivity contribution is 7.92. The normalized spacial score (nSPS) is 16.8. The van der Waals surface area contributed by atoms with Gasteiger partial charge in [-0.05, 0) is 35.9 Å². The van der Waals surface area contributed by atoms with E-state index in [4.69, 9.17) is 10.9 Å². The average molecular weight is 519 g/mol. The zero-order valence-corrected chi connectivity index (χ0v) is 19.8. The van der Waals surface area contributed by atoms with Gasteiger partial charge in [0.2, 0.25) is 25.9 Å². The number of nitrogens with two attached hydrogens (primary N) is 2. The maximum Gasteiger partial charge on any atom is 0.242 e. The van der Waals surface area contributed by atoms with E-state index in [0.717, 1.165) is 0 Å². The summed E-state index contributed by atoms with van der Waals surface area (Å²) in [6.45, 7) is 1.22. The highest BCUT2D eigenvalue weighted by atomic mass is 32.2. The lowest BCUT2D eigenvalue weighted by Crippen LogP contribution is -2.37. The van der Waals surface area contributed by atoms with Crippen LogP contribution >= 0.6 is 0 Å². The minimum Gasteiger partial charge on any atom is -0.341 e. The highest BCUT2D eigenvalue weighted by Crippen LogP contribution is 2.40. The van der Waals surface area contributed by atoms with Crippen molar-refractivity contribution in [3.63, 3.8) is 0 Å². The van der Waals surface area contributed by atoms with Gasteiger partial charge in [-0.15, -0.1) is 10.2 Å². The molecule has 184 valence electrons. The van der Waals surface area contributed by atoms with E-state index >= 15 is 0 Å². The van der Waals surface area contributed by atoms with Gasteiger partial charge in [0.1, 0.15) is 15.6 Å². The smallest absolute Gasteiger partial charge is 0.242 e. The Hall–Kier alpha value is -3.28. The Labute approximate surface area is 200 Å². The van der Waals surface area contributed by atoms with Gasteiger partial charge in [-0.1, -0.05) is 18.2 Å². The van der Waals surface area contributed by atoms with Crippen molar-refractivity contribution in [1.82, 2.24) is 40.6 Å². The van der Waals surface area contributed by atoms with Crippen LogP contribution in [0.4, 0.5) is 0 Å². The molecule has 2 aromatic carbocycles. The summed E-state index contributed by atoms with van der Waals surface area (Å²) in [6, 6.07) is 7.54. The SMILES string of the molecule is NCc1nc2c(-c3ccc(S(=O)(=O)NC4CCNC4)c(S(N)(=O)=O)c3-c3nn[nH]n3)cccc2[nH]1. The first-order valence-corrected chi connectivity index (χ1v) is 13.6. The number of rotatable bonds is 7. The van der Waals surface area contributed by atoms with E-state index in [2.05, 4.69) is 40.6 Å². The van der Waals surface area contributed by atoms with E-state index in [9.17, 15) is 16.8 Å². The molecule has 5 rings (SSSR count). The number of aromatic amines is 2. The summed E-state index contributed by atoms with van der Waals surface area (Å²) < 4.78 is 55.0. The molecule has 3 heterocycles. The summed E-state index contributed by atoms with van der Waals surface area (Å²) >= 11 is 0. The monoisotopic (exact) mass is 518 g/mol. The number of nitrogens with one attached hydrogen (secondary N) is 4. The largest absolute Gasteiger partial charge is 0.341 e. The molecule has 0 saturated carbocycles. The third kappa shape index (κ3) is 4.30. The van der Waals surface area contributed by atoms with Gasteiger partial charge in [0.05, 0.1) is 23.1 Å². The van der Waals surface area contributed by atoms with Crippen LogP contribution in [0.3, 0.4) is 0 Å². The molecule has 0 amide bonds. The maximum absolute atomic E-state index is 13.3. The minimum atomic E-state index is -4.59. The van der Waals surface area contributed by atoms with E-state index < -0.39 is 35.9 Å². The predicted molar refractivity (Wildman–Crippen MR) is 126 cm³/mol. The van der Waals surface area contributed by atoms with Crippen molar-refractivity contribution in [1.29, 1.82) is 0 Å². The molecule has 16 heteroatoms. The Morgan fingerprint density at radius 3 is 2.60 bits per heavy atom. The molecule has 8 N–H and O–H groups in total. The fourth-order valence-electron chi connectivity index (χ4n) is 4.21. The molecular formula is C19H22N10O4S2. The quantitative estimate of drug-likeness (QED) is 0.178. The number of fused-ring (bicyclic) bond motifs is 1. The molecule has 1 aliphatic heterocycles. The molecule has 14 nitrogen and oxygen atoms in total. The van der Waals surface area contributed by atoms with E-state index in [1.165, 1.54) is 12.1 Å². The molecule has 0 spiro atoms. The van der Waals surface area contributed by atoms with Crippen LogP contribution in [0.2, 0.25) is 0 Å². The standard InChI is InChI=1S/C19H22N10O4S2/c20-8-15-23-13-3-1-2-12(17(13)24-15)11-4-5-14(35(32,33)27-10-6-7-22-9-10)18(34(21,30)31)16(11)19-25-28-29-26-19/h1-5,10,22,27H,6-9,20H2,(H,23,24)(H2,21,30,31)(H,25,26,28,29). The first-order valence-electron chi connectivity index (χ1n) is 10.5. The highest BCUT2D eigenvalue weighted by Gasteiger charge is 2.34. The lowest BCUT2D eigenvalue weighted by Gasteiger charge is -2.18. The second kappa shape index (κ2) is 8.74. The van der Waals surface area contributed by atoms with E-state index in [-0.39, 0.29) is 17.9 Å². The van der Waals surface area contributed by atoms with Gasteiger partial charge in [-0.25, -0.2) is 31.7 Å². The van der Waals surface area contributed by atoms with Gasteiger partial charge < -0.3 is 16.0 Å². The van der Waals surface area contributed by atoms with E-state index in [1.807, 2.05) is 0 Å². The topological polar surface area (TPSA) is 228 Å². The molecule has 0 aliphatic carbocycles. The predicted octanol–water partition coefficient (Wildman–Crippen LogP) is -0.844. The zero-order chi connectivity index (χ0) is 24.8. The number of aromatic nitrogens is 6. The number of para-hydroxylation sites is 1. The van der Waals surface area contributed by atoms with Gasteiger partial charge in [-0.3, -0.25) is 0 Å². The molecular weight excluding hydrogens is 496 g/mol. The molecule has 1 saturated heterocycles. The Morgan fingerprint density at radius 2 is 1.94 bits per heavy atom. The van der Waals surface area contributed by atoms with Crippen LogP contribution < -0.4 is 20.9 Å². The zero-order valence-electron chi connectivity index (χ0n) is 18.2. The van der Waals surface area contributed by atoms with Crippen LogP contribution in [0.1, 0.15) is 12.2 Å². The van der Waals surface area contributed by atoms with Crippen LogP contribution in [0.25, 0.3) is 33.5 Å². The van der Waals surface area contributed by atoms with Crippen molar-refractivity contribution in [3.05, 3.63) is 36.2 Å². The number of H-pyrrole nitrogens is 2. The fourth-order valence-corrected chi connectivity index (χ4v) is 7.08. The van der Waals surface area contributed by atoms with E-state index in [0.29, 0.717) is 47.5 Å². The lowest BCUT2D eigenvalue weighted by atomic mass is 9.98. The number of hydrogen-bond acceptors (Lipinski definition) is 10. The Morgan fingerprint density at radius 1 is 1.11 bits per heavy atom. The molecule has 4 aromatic rings. The molecule has 1 unspecified atom stereocenters. The number of tetrazole rings is 1. The van der Waals surface area contributed by atoms with Crippen LogP contribution in [-0.4, -0.2) is 66.6 Å². The van der Waals surface area contributed by atoms with Crippen LogP contribution in [0.5, 0.6) is 0 Å². The minimum absolute atomic E-state index is 0.113. The third-order valence-corrected chi connectivity index (χ3v) is 8.38. The number of nitrogens with zero attached hydrogens (tertiary/aromatic N) is 4. The van der Waals surface area contributed by atoms with Crippen LogP contribution in [0, 0.1) is 0 Å². The molecule has 0 bridgehead atoms. The second-order valence-corrected chi connectivity index (χ2v) is 11.2. The van der Waals surface area contributed by atoms with Gasteiger partial charge in [0.15, 0.2) is 0 Å². The molecule has 2 aromatic heterocycles. The van der Waals surface area contributed by atoms with Crippen LogP contribution in [0.15, 0.2) is 40.1 Å². The fraction of sp³-hybridized carbons (Fsp3) is 0.263. The van der Waals surface area contributed by atoms with Gasteiger partial charge >= 0.3 is 0 Å². The number of benzene rings is 2. The van der Waals surface area contributed by atoms with Crippen molar-refractivity contribution in [3.8, 4) is 22.5 Å². The first-order chi connectivity index (χ1) is 16.7. The maximum atomic E-state index is 13.3. The third-order valence-electron chi connectivity index (χ3n) is 5.69. The Bertz CT molecular complexity index is 1610. The number of primary sulfonamides is 1. The number of hydrogen-bond donors (Lipinski definition) is 6. The van der Waals surface area contributed by atoms with Crippen molar-refractivity contribution in [2.75, 3.05) is 13.1 Å². The van der Waals surface area contributed by atoms with E-state index in [1.54, 1.807) is 18.2 Å². The van der Waals surface area contributed by atoms with Crippen molar-refractivity contribution in [2.45, 2.75) is 28.8 Å². The average Bonchev–Trinajstić information content (AvgIpc) is 3.58. The summed E-state index contributed by atoms with van der Waals surface area (Å²) in [5, 5.41) is 22.3. The Balaban J connectivity index is 1.82. The molecule has 1 fully saturated rings. The molecule has 1 aliphatic rings. The summed E-state index contributed by atoms with van der Waals surface area (Å²) in [6.07, 6.45) is 0.560. The summed E-state index contributed by atoms with van der Waals surface area (Å²) in [5.74, 6) is 0.379. The first kappa shape index (κ1) is 23.5. The van der Waals surface area contributed by atoms with Crippen LogP contribution in [-0.2, 0) is 26.6 Å². The number of imidazole rings is 1. The summed E-state index contributed by atoms with van der Waals surface area (Å²) in [7, 11) is -8.88. The van der Waals surface area contributed by atoms with Crippen molar-refractivity contribution < 1.29 is 16.8 Å². The molecule has 1 atom stereocenters. The summed E-state index contributed by atoms with van der Waals surface area (Å²) in [5.41, 5.74) is 7.58. The van der Waals surface area contributed by atoms with Crippen molar-refractivity contribution >= 4 is 31.1 Å². The summed E-state index contributed by atoms with van der Waals surface area (Å²) in [4.78, 5) is 6.44. The molecule has 35 heavy (non-hydrogen) atoms. The lowest BCUT2D eigenvalue weighted by molar-refractivity contribution is 0.555.